The highest BCUT2D eigenvalue weighted by Gasteiger charge is 2.19. The van der Waals surface area contributed by atoms with E-state index in [2.05, 4.69) is 17.2 Å². The monoisotopic (exact) mass is 352 g/mol. The molecule has 0 fully saturated rings. The molecule has 3 rings (SSSR count). The van der Waals surface area contributed by atoms with Gasteiger partial charge in [-0.3, -0.25) is 4.79 Å². The summed E-state index contributed by atoms with van der Waals surface area (Å²) in [7, 11) is 0. The molecule has 0 saturated heterocycles. The van der Waals surface area contributed by atoms with Crippen LogP contribution >= 0.6 is 0 Å². The number of carbonyl (C=O) groups is 1. The maximum atomic E-state index is 11.7. The highest BCUT2D eigenvalue weighted by atomic mass is 16.5. The van der Waals surface area contributed by atoms with Crippen molar-refractivity contribution in [3.8, 4) is 5.75 Å². The molecule has 0 saturated carbocycles. The van der Waals surface area contributed by atoms with Crippen molar-refractivity contribution in [3.63, 3.8) is 0 Å². The summed E-state index contributed by atoms with van der Waals surface area (Å²) >= 11 is 0. The van der Waals surface area contributed by atoms with Crippen molar-refractivity contribution in [1.82, 2.24) is 10.3 Å². The first-order valence-electron chi connectivity index (χ1n) is 8.90. The van der Waals surface area contributed by atoms with Crippen LogP contribution in [0.25, 0.3) is 10.9 Å². The van der Waals surface area contributed by atoms with Crippen LogP contribution in [-0.2, 0) is 17.8 Å². The molecule has 0 aliphatic rings. The quantitative estimate of drug-likeness (QED) is 0.548. The summed E-state index contributed by atoms with van der Waals surface area (Å²) in [4.78, 5) is 14.9. The van der Waals surface area contributed by atoms with Crippen molar-refractivity contribution < 1.29 is 14.6 Å². The maximum Gasteiger partial charge on any atom is 0.321 e. The molecule has 2 aromatic carbocycles. The molecule has 0 bridgehead atoms. The van der Waals surface area contributed by atoms with Crippen LogP contribution in [0, 0.1) is 0 Å². The van der Waals surface area contributed by atoms with Crippen LogP contribution in [0.3, 0.4) is 0 Å². The van der Waals surface area contributed by atoms with E-state index < -0.39 is 12.0 Å². The molecule has 136 valence electrons. The zero-order chi connectivity index (χ0) is 18.4. The summed E-state index contributed by atoms with van der Waals surface area (Å²) in [6, 6.07) is 15.0. The Balaban J connectivity index is 1.63. The molecule has 1 heterocycles. The number of carboxylic acids is 1. The number of para-hydroxylation sites is 1. The molecule has 5 heteroatoms. The molecule has 1 atom stereocenters. The number of hydrogen-bond donors (Lipinski definition) is 3. The number of hydrogen-bond acceptors (Lipinski definition) is 3. The number of aromatic nitrogens is 1. The lowest BCUT2D eigenvalue weighted by Crippen LogP contribution is -2.38. The lowest BCUT2D eigenvalue weighted by molar-refractivity contribution is -0.139. The van der Waals surface area contributed by atoms with E-state index in [1.807, 2.05) is 54.7 Å². The van der Waals surface area contributed by atoms with Crippen molar-refractivity contribution in [2.75, 3.05) is 6.61 Å². The van der Waals surface area contributed by atoms with Gasteiger partial charge in [0.15, 0.2) is 0 Å². The minimum atomic E-state index is -0.849. The largest absolute Gasteiger partial charge is 0.494 e. The number of rotatable bonds is 9. The number of benzene rings is 2. The molecule has 0 unspecified atom stereocenters. The number of carboxylic acid groups (broad SMARTS) is 1. The second kappa shape index (κ2) is 8.54. The zero-order valence-corrected chi connectivity index (χ0v) is 14.9. The van der Waals surface area contributed by atoms with Crippen molar-refractivity contribution in [2.45, 2.75) is 32.4 Å². The van der Waals surface area contributed by atoms with E-state index in [4.69, 9.17) is 4.74 Å². The molecular weight excluding hydrogens is 328 g/mol. The highest BCUT2D eigenvalue weighted by Crippen LogP contribution is 2.19. The Morgan fingerprint density at radius 1 is 1.19 bits per heavy atom. The van der Waals surface area contributed by atoms with Gasteiger partial charge in [0.05, 0.1) is 6.61 Å². The third-order valence-electron chi connectivity index (χ3n) is 4.35. The second-order valence-electron chi connectivity index (χ2n) is 6.33. The van der Waals surface area contributed by atoms with Gasteiger partial charge in [0, 0.05) is 30.1 Å². The Morgan fingerprint density at radius 2 is 1.96 bits per heavy atom. The van der Waals surface area contributed by atoms with Crippen molar-refractivity contribution in [3.05, 3.63) is 65.9 Å². The van der Waals surface area contributed by atoms with E-state index in [0.717, 1.165) is 34.2 Å². The van der Waals surface area contributed by atoms with Gasteiger partial charge in [-0.25, -0.2) is 0 Å². The van der Waals surface area contributed by atoms with Gasteiger partial charge in [-0.1, -0.05) is 37.3 Å². The lowest BCUT2D eigenvalue weighted by atomic mass is 10.0. The molecule has 0 radical (unpaired) electrons. The fourth-order valence-corrected chi connectivity index (χ4v) is 2.93. The second-order valence-corrected chi connectivity index (χ2v) is 6.33. The summed E-state index contributed by atoms with van der Waals surface area (Å²) in [6.07, 6.45) is 3.29. The van der Waals surface area contributed by atoms with E-state index in [0.29, 0.717) is 19.6 Å². The Kier molecular flexibility index (Phi) is 5.92. The minimum absolute atomic E-state index is 0.428. The van der Waals surface area contributed by atoms with Crippen molar-refractivity contribution in [2.24, 2.45) is 0 Å². The topological polar surface area (TPSA) is 74.3 Å². The summed E-state index contributed by atoms with van der Waals surface area (Å²) < 4.78 is 5.57. The van der Waals surface area contributed by atoms with E-state index in [-0.39, 0.29) is 0 Å². The van der Waals surface area contributed by atoms with E-state index in [9.17, 15) is 9.90 Å². The van der Waals surface area contributed by atoms with E-state index >= 15 is 0 Å². The van der Waals surface area contributed by atoms with Crippen LogP contribution in [0.4, 0.5) is 0 Å². The molecule has 3 N–H and O–H groups in total. The minimum Gasteiger partial charge on any atom is -0.494 e. The maximum absolute atomic E-state index is 11.7. The van der Waals surface area contributed by atoms with Crippen LogP contribution in [-0.4, -0.2) is 28.7 Å². The smallest absolute Gasteiger partial charge is 0.321 e. The van der Waals surface area contributed by atoms with Crippen LogP contribution in [0.1, 0.15) is 24.5 Å². The Hall–Kier alpha value is -2.79. The fourth-order valence-electron chi connectivity index (χ4n) is 2.93. The number of fused-ring (bicyclic) bond motifs is 1. The van der Waals surface area contributed by atoms with Gasteiger partial charge in [-0.15, -0.1) is 0 Å². The van der Waals surface area contributed by atoms with Gasteiger partial charge >= 0.3 is 5.97 Å². The Morgan fingerprint density at radius 3 is 2.69 bits per heavy atom. The third kappa shape index (κ3) is 4.43. The average Bonchev–Trinajstić information content (AvgIpc) is 3.07. The van der Waals surface area contributed by atoms with Gasteiger partial charge < -0.3 is 20.1 Å². The summed E-state index contributed by atoms with van der Waals surface area (Å²) in [5.74, 6) is -0.0117. The Labute approximate surface area is 153 Å². The van der Waals surface area contributed by atoms with Gasteiger partial charge in [-0.05, 0) is 35.7 Å². The number of ether oxygens (including phenoxy) is 1. The number of H-pyrrole nitrogens is 1. The SMILES string of the molecule is CCCOc1ccc(CN[C@H](Cc2c[nH]c3ccccc23)C(=O)O)cc1. The third-order valence-corrected chi connectivity index (χ3v) is 4.35. The average molecular weight is 352 g/mol. The van der Waals surface area contributed by atoms with Crippen LogP contribution in [0.15, 0.2) is 54.7 Å². The normalized spacial score (nSPS) is 12.2. The number of aromatic amines is 1. The molecule has 0 aliphatic heterocycles. The Bertz CT molecular complexity index is 855. The van der Waals surface area contributed by atoms with Gasteiger partial charge in [-0.2, -0.15) is 0 Å². The first-order valence-corrected chi connectivity index (χ1v) is 8.90. The highest BCUT2D eigenvalue weighted by molar-refractivity contribution is 5.84. The molecule has 0 spiro atoms. The van der Waals surface area contributed by atoms with Gasteiger partial charge in [0.25, 0.3) is 0 Å². The summed E-state index contributed by atoms with van der Waals surface area (Å²) in [5.41, 5.74) is 3.05. The zero-order valence-electron chi connectivity index (χ0n) is 14.9. The summed E-state index contributed by atoms with van der Waals surface area (Å²) in [6.45, 7) is 3.26. The standard InChI is InChI=1S/C21H24N2O3/c1-2-11-26-17-9-7-15(8-10-17)13-22-20(21(24)25)12-16-14-23-19-6-4-3-5-18(16)19/h3-10,14,20,22-23H,2,11-13H2,1H3,(H,24,25)/t20-/m1/s1. The molecule has 5 nitrogen and oxygen atoms in total. The molecule has 0 aliphatic carbocycles. The predicted octanol–water partition coefficient (Wildman–Crippen LogP) is 3.74. The van der Waals surface area contributed by atoms with Gasteiger partial charge in [0.1, 0.15) is 11.8 Å². The molecule has 1 aromatic heterocycles. The number of nitrogens with one attached hydrogen (secondary N) is 2. The molecule has 3 aromatic rings. The predicted molar refractivity (Wildman–Crippen MR) is 102 cm³/mol. The summed E-state index contributed by atoms with van der Waals surface area (Å²) in [5, 5.41) is 13.8. The van der Waals surface area contributed by atoms with Crippen LogP contribution < -0.4 is 10.1 Å². The molecular formula is C21H24N2O3. The van der Waals surface area contributed by atoms with Crippen molar-refractivity contribution >= 4 is 16.9 Å². The molecule has 26 heavy (non-hydrogen) atoms. The van der Waals surface area contributed by atoms with Crippen LogP contribution in [0.2, 0.25) is 0 Å². The van der Waals surface area contributed by atoms with Gasteiger partial charge in [0.2, 0.25) is 0 Å². The first kappa shape index (κ1) is 18.0. The van der Waals surface area contributed by atoms with E-state index in [1.165, 1.54) is 0 Å². The first-order chi connectivity index (χ1) is 12.7. The van der Waals surface area contributed by atoms with E-state index in [1.54, 1.807) is 0 Å². The van der Waals surface area contributed by atoms with Crippen LogP contribution in [0.5, 0.6) is 5.75 Å². The lowest BCUT2D eigenvalue weighted by Gasteiger charge is -2.14. The van der Waals surface area contributed by atoms with Crippen molar-refractivity contribution in [1.29, 1.82) is 0 Å². The number of aliphatic carboxylic acids is 1. The molecule has 0 amide bonds. The fraction of sp³-hybridized carbons (Fsp3) is 0.286.